The Labute approximate surface area is 174 Å². The second kappa shape index (κ2) is 12.8. The molecular weight excluding hydrogens is 443 g/mol. The number of hydrogen-bond acceptors (Lipinski definition) is 3. The highest BCUT2D eigenvalue weighted by Gasteiger charge is 2.09. The van der Waals surface area contributed by atoms with E-state index < -0.39 is 0 Å². The molecule has 0 aliphatic carbocycles. The molecule has 6 nitrogen and oxygen atoms in total. The van der Waals surface area contributed by atoms with Gasteiger partial charge < -0.3 is 20.3 Å². The summed E-state index contributed by atoms with van der Waals surface area (Å²) in [4.78, 5) is 17.6. The third kappa shape index (κ3) is 9.26. The van der Waals surface area contributed by atoms with E-state index in [0.717, 1.165) is 17.9 Å². The van der Waals surface area contributed by atoms with Crippen LogP contribution in [0.4, 0.5) is 0 Å². The number of nitrogens with one attached hydrogen (secondary N) is 2. The van der Waals surface area contributed by atoms with Crippen LogP contribution < -0.4 is 15.4 Å². The van der Waals surface area contributed by atoms with E-state index in [1.807, 2.05) is 31.2 Å². The maximum atomic E-state index is 11.7. The molecule has 2 N–H and O–H groups in total. The van der Waals surface area contributed by atoms with Gasteiger partial charge in [-0.1, -0.05) is 26.0 Å². The van der Waals surface area contributed by atoms with E-state index in [2.05, 4.69) is 36.4 Å². The molecule has 1 atom stereocenters. The van der Waals surface area contributed by atoms with Gasteiger partial charge in [0.2, 0.25) is 5.91 Å². The van der Waals surface area contributed by atoms with Gasteiger partial charge in [-0.05, 0) is 37.5 Å². The lowest BCUT2D eigenvalue weighted by molar-refractivity contribution is -0.127. The molecule has 1 aromatic carbocycles. The van der Waals surface area contributed by atoms with Crippen molar-refractivity contribution in [1.29, 1.82) is 0 Å². The smallest absolute Gasteiger partial charge is 0.243 e. The number of carbonyl (C=O) groups excluding carboxylic acids is 1. The fourth-order valence-electron chi connectivity index (χ4n) is 2.01. The molecule has 7 heteroatoms. The van der Waals surface area contributed by atoms with E-state index in [9.17, 15) is 4.79 Å². The first-order chi connectivity index (χ1) is 11.8. The number of rotatable bonds is 8. The lowest BCUT2D eigenvalue weighted by Gasteiger charge is -2.19. The van der Waals surface area contributed by atoms with Gasteiger partial charge in [-0.2, -0.15) is 0 Å². The molecule has 0 saturated heterocycles. The van der Waals surface area contributed by atoms with Crippen molar-refractivity contribution < 1.29 is 9.53 Å². The predicted molar refractivity (Wildman–Crippen MR) is 118 cm³/mol. The second-order valence-electron chi connectivity index (χ2n) is 6.62. The molecule has 0 fully saturated rings. The Hall–Kier alpha value is -1.51. The fraction of sp³-hybridized carbons (Fsp3) is 0.579. The van der Waals surface area contributed by atoms with Crippen LogP contribution in [0, 0.1) is 5.92 Å². The number of nitrogens with zero attached hydrogens (tertiary/aromatic N) is 2. The van der Waals surface area contributed by atoms with Crippen LogP contribution in [0.3, 0.4) is 0 Å². The Balaban J connectivity index is 0.00000625. The average Bonchev–Trinajstić information content (AvgIpc) is 2.57. The number of carbonyl (C=O) groups is 1. The summed E-state index contributed by atoms with van der Waals surface area (Å²) in [5.41, 5.74) is 1.13. The Morgan fingerprint density at radius 3 is 2.31 bits per heavy atom. The molecule has 148 valence electrons. The maximum absolute atomic E-state index is 11.7. The Kier molecular flexibility index (Phi) is 12.0. The van der Waals surface area contributed by atoms with Gasteiger partial charge in [0.05, 0.1) is 12.6 Å². The molecule has 1 rings (SSSR count). The quantitative estimate of drug-likeness (QED) is 0.344. The molecule has 0 aromatic heterocycles. The minimum absolute atomic E-state index is 0. The van der Waals surface area contributed by atoms with Crippen LogP contribution in [-0.2, 0) is 4.79 Å². The minimum atomic E-state index is -0.0310. The van der Waals surface area contributed by atoms with Gasteiger partial charge in [0.15, 0.2) is 5.96 Å². The maximum Gasteiger partial charge on any atom is 0.243 e. The summed E-state index contributed by atoms with van der Waals surface area (Å²) >= 11 is 0. The monoisotopic (exact) mass is 476 g/mol. The highest BCUT2D eigenvalue weighted by molar-refractivity contribution is 14.0. The molecule has 0 saturated carbocycles. The van der Waals surface area contributed by atoms with Crippen molar-refractivity contribution in [1.82, 2.24) is 15.5 Å². The summed E-state index contributed by atoms with van der Waals surface area (Å²) in [6, 6.07) is 8.11. The van der Waals surface area contributed by atoms with Crippen molar-refractivity contribution in [2.75, 3.05) is 33.8 Å². The van der Waals surface area contributed by atoms with Crippen molar-refractivity contribution in [2.24, 2.45) is 10.9 Å². The standard InChI is InChI=1S/C19H32N4O2.HI/c1-7-20-19(21-12-18(24)23(5)6)22-15(4)16-8-10-17(11-9-16)25-13-14(2)3;/h8-11,14-15H,7,12-13H2,1-6H3,(H2,20,21,22);1H. The summed E-state index contributed by atoms with van der Waals surface area (Å²) in [6.45, 7) is 9.88. The molecule has 1 aromatic rings. The number of benzene rings is 1. The van der Waals surface area contributed by atoms with Crippen LogP contribution >= 0.6 is 24.0 Å². The number of likely N-dealkylation sites (N-methyl/N-ethyl adjacent to an activating group) is 1. The lowest BCUT2D eigenvalue weighted by atomic mass is 10.1. The van der Waals surface area contributed by atoms with Crippen LogP contribution in [0.5, 0.6) is 5.75 Å². The molecule has 0 spiro atoms. The Morgan fingerprint density at radius 2 is 1.81 bits per heavy atom. The summed E-state index contributed by atoms with van der Waals surface area (Å²) in [5.74, 6) is 1.98. The Bertz CT molecular complexity index is 559. The van der Waals surface area contributed by atoms with Gasteiger partial charge in [-0.15, -0.1) is 24.0 Å². The lowest BCUT2D eigenvalue weighted by Crippen LogP contribution is -2.39. The minimum Gasteiger partial charge on any atom is -0.493 e. The third-order valence-electron chi connectivity index (χ3n) is 3.53. The first kappa shape index (κ1) is 24.5. The van der Waals surface area contributed by atoms with E-state index in [4.69, 9.17) is 4.74 Å². The predicted octanol–water partition coefficient (Wildman–Crippen LogP) is 3.04. The zero-order valence-electron chi connectivity index (χ0n) is 16.7. The first-order valence-corrected chi connectivity index (χ1v) is 8.81. The van der Waals surface area contributed by atoms with Crippen LogP contribution in [0.2, 0.25) is 0 Å². The van der Waals surface area contributed by atoms with E-state index in [1.165, 1.54) is 4.90 Å². The molecule has 0 heterocycles. The van der Waals surface area contributed by atoms with Crippen LogP contribution in [0.15, 0.2) is 29.3 Å². The van der Waals surface area contributed by atoms with Crippen molar-refractivity contribution in [3.63, 3.8) is 0 Å². The summed E-state index contributed by atoms with van der Waals surface area (Å²) in [6.07, 6.45) is 0. The van der Waals surface area contributed by atoms with Gasteiger partial charge in [-0.3, -0.25) is 4.79 Å². The molecule has 0 aliphatic rings. The zero-order chi connectivity index (χ0) is 18.8. The van der Waals surface area contributed by atoms with Gasteiger partial charge in [-0.25, -0.2) is 4.99 Å². The molecular formula is C19H33IN4O2. The average molecular weight is 476 g/mol. The van der Waals surface area contributed by atoms with E-state index in [0.29, 0.717) is 18.5 Å². The normalized spacial score (nSPS) is 12.2. The van der Waals surface area contributed by atoms with E-state index in [-0.39, 0.29) is 42.5 Å². The third-order valence-corrected chi connectivity index (χ3v) is 3.53. The number of guanidine groups is 1. The number of hydrogen-bond donors (Lipinski definition) is 2. The van der Waals surface area contributed by atoms with Crippen LogP contribution in [-0.4, -0.2) is 50.6 Å². The molecule has 1 amide bonds. The van der Waals surface area contributed by atoms with Gasteiger partial charge in [0, 0.05) is 20.6 Å². The first-order valence-electron chi connectivity index (χ1n) is 8.81. The highest BCUT2D eigenvalue weighted by atomic mass is 127. The van der Waals surface area contributed by atoms with Crippen molar-refractivity contribution >= 4 is 35.8 Å². The topological polar surface area (TPSA) is 66.0 Å². The van der Waals surface area contributed by atoms with Gasteiger partial charge in [0.25, 0.3) is 0 Å². The highest BCUT2D eigenvalue weighted by Crippen LogP contribution is 2.18. The summed E-state index contributed by atoms with van der Waals surface area (Å²) in [7, 11) is 3.45. The Morgan fingerprint density at radius 1 is 1.19 bits per heavy atom. The molecule has 0 aliphatic heterocycles. The van der Waals surface area contributed by atoms with Crippen molar-refractivity contribution in [3.05, 3.63) is 29.8 Å². The second-order valence-corrected chi connectivity index (χ2v) is 6.62. The number of aliphatic imine (C=N–C) groups is 1. The summed E-state index contributed by atoms with van der Waals surface area (Å²) < 4.78 is 5.71. The van der Waals surface area contributed by atoms with Crippen LogP contribution in [0.25, 0.3) is 0 Å². The largest absolute Gasteiger partial charge is 0.493 e. The zero-order valence-corrected chi connectivity index (χ0v) is 19.0. The fourth-order valence-corrected chi connectivity index (χ4v) is 2.01. The van der Waals surface area contributed by atoms with E-state index in [1.54, 1.807) is 14.1 Å². The van der Waals surface area contributed by atoms with Gasteiger partial charge >= 0.3 is 0 Å². The van der Waals surface area contributed by atoms with Crippen LogP contribution in [0.1, 0.15) is 39.3 Å². The van der Waals surface area contributed by atoms with Crippen molar-refractivity contribution in [3.8, 4) is 5.75 Å². The summed E-state index contributed by atoms with van der Waals surface area (Å²) in [5, 5.41) is 6.49. The molecule has 26 heavy (non-hydrogen) atoms. The SMILES string of the molecule is CCNC(=NCC(=O)N(C)C)NC(C)c1ccc(OCC(C)C)cc1.I. The van der Waals surface area contributed by atoms with Gasteiger partial charge in [0.1, 0.15) is 12.3 Å². The molecule has 0 bridgehead atoms. The number of ether oxygens (including phenoxy) is 1. The molecule has 1 unspecified atom stereocenters. The van der Waals surface area contributed by atoms with E-state index >= 15 is 0 Å². The number of halogens is 1. The van der Waals surface area contributed by atoms with Crippen molar-refractivity contribution in [2.45, 2.75) is 33.7 Å². The number of amides is 1. The molecule has 0 radical (unpaired) electrons.